The summed E-state index contributed by atoms with van der Waals surface area (Å²) in [4.78, 5) is 29.4. The van der Waals surface area contributed by atoms with Crippen molar-refractivity contribution in [1.29, 1.82) is 0 Å². The molecular formula is C19H28N2O3. The number of hydrogen-bond acceptors (Lipinski definition) is 4. The number of carbonyl (C=O) groups is 2. The molecule has 4 aliphatic rings. The zero-order valence-electron chi connectivity index (χ0n) is 14.6. The molecule has 0 N–H and O–H groups in total. The Morgan fingerprint density at radius 2 is 1.96 bits per heavy atom. The highest BCUT2D eigenvalue weighted by atomic mass is 16.5. The van der Waals surface area contributed by atoms with Crippen molar-refractivity contribution in [3.63, 3.8) is 0 Å². The molecule has 24 heavy (non-hydrogen) atoms. The Balaban J connectivity index is 1.48. The van der Waals surface area contributed by atoms with E-state index in [2.05, 4.69) is 16.4 Å². The zero-order valence-corrected chi connectivity index (χ0v) is 14.6. The summed E-state index contributed by atoms with van der Waals surface area (Å²) in [7, 11) is 0. The van der Waals surface area contributed by atoms with E-state index >= 15 is 0 Å². The van der Waals surface area contributed by atoms with Crippen LogP contribution in [0, 0.1) is 17.8 Å². The Bertz CT molecular complexity index is 561. The summed E-state index contributed by atoms with van der Waals surface area (Å²) in [6, 6.07) is 0.892. The lowest BCUT2D eigenvalue weighted by Gasteiger charge is -2.57. The highest BCUT2D eigenvalue weighted by Gasteiger charge is 2.49. The van der Waals surface area contributed by atoms with Crippen LogP contribution in [-0.4, -0.2) is 53.4 Å². The number of carbonyl (C=O) groups excluding carboxylic acids is 2. The Morgan fingerprint density at radius 1 is 1.17 bits per heavy atom. The second-order valence-electron chi connectivity index (χ2n) is 8.17. The molecule has 0 spiro atoms. The van der Waals surface area contributed by atoms with Gasteiger partial charge in [-0.25, -0.2) is 0 Å². The molecule has 0 saturated carbocycles. The molecule has 0 aromatic rings. The van der Waals surface area contributed by atoms with Gasteiger partial charge in [-0.1, -0.05) is 6.58 Å². The van der Waals surface area contributed by atoms with Crippen LogP contribution in [0.1, 0.15) is 45.4 Å². The molecule has 1 amide bonds. The van der Waals surface area contributed by atoms with E-state index in [1.54, 1.807) is 6.92 Å². The number of allylic oxidation sites excluding steroid dienone is 1. The molecule has 2 bridgehead atoms. The fourth-order valence-electron chi connectivity index (χ4n) is 5.56. The second kappa shape index (κ2) is 6.17. The Kier molecular flexibility index (Phi) is 4.15. The summed E-state index contributed by atoms with van der Waals surface area (Å²) < 4.78 is 5.26. The molecule has 0 aromatic heterocycles. The van der Waals surface area contributed by atoms with Crippen molar-refractivity contribution in [2.75, 3.05) is 19.6 Å². The predicted molar refractivity (Wildman–Crippen MR) is 89.9 cm³/mol. The third-order valence-corrected chi connectivity index (χ3v) is 6.57. The minimum Gasteiger partial charge on any atom is -0.432 e. The fourth-order valence-corrected chi connectivity index (χ4v) is 5.56. The molecule has 0 radical (unpaired) electrons. The third-order valence-electron chi connectivity index (χ3n) is 6.57. The Hall–Kier alpha value is -1.36. The van der Waals surface area contributed by atoms with Crippen LogP contribution >= 0.6 is 0 Å². The molecule has 4 fully saturated rings. The number of rotatable bonds is 2. The van der Waals surface area contributed by atoms with Crippen molar-refractivity contribution in [1.82, 2.24) is 9.80 Å². The number of hydrogen-bond donors (Lipinski definition) is 0. The number of fused-ring (bicyclic) bond motifs is 6. The molecule has 5 atom stereocenters. The van der Waals surface area contributed by atoms with E-state index in [-0.39, 0.29) is 11.9 Å². The first-order valence-electron chi connectivity index (χ1n) is 9.43. The van der Waals surface area contributed by atoms with Crippen LogP contribution in [0.2, 0.25) is 0 Å². The van der Waals surface area contributed by atoms with Gasteiger partial charge in [-0.2, -0.15) is 0 Å². The number of nitrogens with zero attached hydrogens (tertiary/aromatic N) is 2. The van der Waals surface area contributed by atoms with Gasteiger partial charge in [0, 0.05) is 31.6 Å². The standard InChI is InChI=1S/C19H28N2O3/c1-12(2)24-19(23)13-6-7-20-10-14-8-15(17(20)9-13)11-21-16(14)4-3-5-18(21)22/h13-17H,1,3-11H2,2H3/t13-,14-,15-,16+,17-/m0/s1. The van der Waals surface area contributed by atoms with E-state index in [1.807, 2.05) is 0 Å². The number of ether oxygens (including phenoxy) is 1. The topological polar surface area (TPSA) is 49.9 Å². The number of esters is 1. The van der Waals surface area contributed by atoms with Crippen molar-refractivity contribution < 1.29 is 14.3 Å². The van der Waals surface area contributed by atoms with E-state index in [0.29, 0.717) is 35.6 Å². The fraction of sp³-hybridized carbons (Fsp3) is 0.789. The first-order chi connectivity index (χ1) is 11.5. The maximum absolute atomic E-state index is 12.3. The lowest BCUT2D eigenvalue weighted by molar-refractivity contribution is -0.155. The Morgan fingerprint density at radius 3 is 2.75 bits per heavy atom. The summed E-state index contributed by atoms with van der Waals surface area (Å²) in [6.07, 6.45) is 5.93. The van der Waals surface area contributed by atoms with Gasteiger partial charge >= 0.3 is 5.97 Å². The van der Waals surface area contributed by atoms with Crippen molar-refractivity contribution >= 4 is 11.9 Å². The predicted octanol–water partition coefficient (Wildman–Crippen LogP) is 2.17. The van der Waals surface area contributed by atoms with Gasteiger partial charge in [0.25, 0.3) is 0 Å². The minimum atomic E-state index is -0.119. The van der Waals surface area contributed by atoms with Gasteiger partial charge in [-0.15, -0.1) is 0 Å². The average Bonchev–Trinajstić information content (AvgIpc) is 2.55. The summed E-state index contributed by atoms with van der Waals surface area (Å²) >= 11 is 0. The first kappa shape index (κ1) is 16.1. The van der Waals surface area contributed by atoms with Gasteiger partial charge in [-0.3, -0.25) is 14.5 Å². The van der Waals surface area contributed by atoms with Crippen LogP contribution in [0.15, 0.2) is 12.3 Å². The Labute approximate surface area is 144 Å². The largest absolute Gasteiger partial charge is 0.432 e. The van der Waals surface area contributed by atoms with Gasteiger partial charge in [0.1, 0.15) is 0 Å². The quantitative estimate of drug-likeness (QED) is 0.574. The van der Waals surface area contributed by atoms with Gasteiger partial charge in [-0.05, 0) is 57.4 Å². The molecule has 132 valence electrons. The van der Waals surface area contributed by atoms with E-state index in [0.717, 1.165) is 45.3 Å². The number of amides is 1. The molecular weight excluding hydrogens is 304 g/mol. The van der Waals surface area contributed by atoms with Crippen molar-refractivity contribution in [3.05, 3.63) is 12.3 Å². The summed E-state index contributed by atoms with van der Waals surface area (Å²) in [5, 5.41) is 0. The van der Waals surface area contributed by atoms with E-state index in [1.165, 1.54) is 12.8 Å². The minimum absolute atomic E-state index is 0.0192. The van der Waals surface area contributed by atoms with Gasteiger partial charge in [0.05, 0.1) is 11.7 Å². The van der Waals surface area contributed by atoms with E-state index in [4.69, 9.17) is 4.74 Å². The first-order valence-corrected chi connectivity index (χ1v) is 9.43. The highest BCUT2D eigenvalue weighted by molar-refractivity contribution is 5.77. The smallest absolute Gasteiger partial charge is 0.314 e. The molecule has 0 unspecified atom stereocenters. The van der Waals surface area contributed by atoms with Crippen LogP contribution < -0.4 is 0 Å². The molecule has 4 heterocycles. The third kappa shape index (κ3) is 2.77. The van der Waals surface area contributed by atoms with Crippen LogP contribution in [-0.2, 0) is 14.3 Å². The second-order valence-corrected chi connectivity index (χ2v) is 8.17. The molecule has 4 saturated heterocycles. The van der Waals surface area contributed by atoms with Gasteiger partial charge in [0.15, 0.2) is 0 Å². The monoisotopic (exact) mass is 332 g/mol. The van der Waals surface area contributed by atoms with Gasteiger partial charge < -0.3 is 9.64 Å². The van der Waals surface area contributed by atoms with Crippen LogP contribution in [0.25, 0.3) is 0 Å². The summed E-state index contributed by atoms with van der Waals surface area (Å²) in [6.45, 7) is 8.37. The van der Waals surface area contributed by atoms with Crippen LogP contribution in [0.3, 0.4) is 0 Å². The maximum atomic E-state index is 12.3. The SMILES string of the molecule is C=C(C)OC(=O)[C@H]1CCN2C[C@@H]3C[C@@H](CN4C(=O)CCC[C@H]34)[C@@H]2C1. The molecule has 4 aliphatic heterocycles. The molecule has 0 aliphatic carbocycles. The molecule has 5 nitrogen and oxygen atoms in total. The van der Waals surface area contributed by atoms with Gasteiger partial charge in [0.2, 0.25) is 5.91 Å². The molecule has 0 aromatic carbocycles. The summed E-state index contributed by atoms with van der Waals surface area (Å²) in [5.41, 5.74) is 0. The van der Waals surface area contributed by atoms with E-state index in [9.17, 15) is 9.59 Å². The van der Waals surface area contributed by atoms with Crippen LogP contribution in [0.4, 0.5) is 0 Å². The van der Waals surface area contributed by atoms with Crippen molar-refractivity contribution in [2.45, 2.75) is 57.5 Å². The van der Waals surface area contributed by atoms with Crippen LogP contribution in [0.5, 0.6) is 0 Å². The highest BCUT2D eigenvalue weighted by Crippen LogP contribution is 2.44. The molecule has 5 heteroatoms. The molecule has 4 rings (SSSR count). The lowest BCUT2D eigenvalue weighted by atomic mass is 9.69. The maximum Gasteiger partial charge on any atom is 0.314 e. The van der Waals surface area contributed by atoms with Crippen molar-refractivity contribution in [3.8, 4) is 0 Å². The lowest BCUT2D eigenvalue weighted by Crippen LogP contribution is -2.65. The zero-order chi connectivity index (χ0) is 16.8. The van der Waals surface area contributed by atoms with E-state index < -0.39 is 0 Å². The number of piperidine rings is 4. The normalized spacial score (nSPS) is 39.0. The van der Waals surface area contributed by atoms with Crippen molar-refractivity contribution in [2.24, 2.45) is 17.8 Å². The summed E-state index contributed by atoms with van der Waals surface area (Å²) in [5.74, 6) is 1.83. The average molecular weight is 332 g/mol.